The lowest BCUT2D eigenvalue weighted by molar-refractivity contribution is -0.385. The minimum atomic E-state index is -0.642. The van der Waals surface area contributed by atoms with Gasteiger partial charge in [-0.3, -0.25) is 14.9 Å². The fraction of sp³-hybridized carbons (Fsp3) is 0.300. The number of nitrogens with zero attached hydrogens (tertiary/aromatic N) is 1. The standard InChI is InChI=1S/C10H12N2O4/c1-7(13)11-5-4-8-2-3-10(14)9(6-8)12(15)16/h2-3,6,14H,4-5H2,1H3,(H,11,13). The largest absolute Gasteiger partial charge is 0.502 e. The van der Waals surface area contributed by atoms with E-state index in [1.54, 1.807) is 6.07 Å². The van der Waals surface area contributed by atoms with Crippen LogP contribution in [0, 0.1) is 10.1 Å². The number of rotatable bonds is 4. The van der Waals surface area contributed by atoms with Gasteiger partial charge in [0.15, 0.2) is 5.75 Å². The van der Waals surface area contributed by atoms with Crippen molar-refractivity contribution in [3.05, 3.63) is 33.9 Å². The molecule has 0 aliphatic heterocycles. The van der Waals surface area contributed by atoms with Crippen LogP contribution in [0.15, 0.2) is 18.2 Å². The zero-order valence-electron chi connectivity index (χ0n) is 8.77. The Labute approximate surface area is 92.0 Å². The molecule has 1 aromatic rings. The highest BCUT2D eigenvalue weighted by Gasteiger charge is 2.13. The minimum absolute atomic E-state index is 0.145. The number of phenolic OH excluding ortho intramolecular Hbond substituents is 1. The molecule has 2 N–H and O–H groups in total. The van der Waals surface area contributed by atoms with Crippen molar-refractivity contribution in [2.24, 2.45) is 0 Å². The van der Waals surface area contributed by atoms with E-state index >= 15 is 0 Å². The molecule has 0 aliphatic carbocycles. The van der Waals surface area contributed by atoms with E-state index in [4.69, 9.17) is 0 Å². The van der Waals surface area contributed by atoms with Crippen LogP contribution < -0.4 is 5.32 Å². The fourth-order valence-corrected chi connectivity index (χ4v) is 1.25. The lowest BCUT2D eigenvalue weighted by Gasteiger charge is -2.03. The molecule has 0 aliphatic rings. The molecule has 0 radical (unpaired) electrons. The van der Waals surface area contributed by atoms with Crippen molar-refractivity contribution in [1.29, 1.82) is 0 Å². The number of amides is 1. The zero-order valence-corrected chi connectivity index (χ0v) is 8.77. The Bertz CT molecular complexity index is 417. The summed E-state index contributed by atoms with van der Waals surface area (Å²) in [7, 11) is 0. The maximum atomic E-state index is 10.6. The van der Waals surface area contributed by atoms with E-state index in [0.29, 0.717) is 18.5 Å². The summed E-state index contributed by atoms with van der Waals surface area (Å²) in [6.45, 7) is 1.82. The van der Waals surface area contributed by atoms with Crippen molar-refractivity contribution in [3.63, 3.8) is 0 Å². The van der Waals surface area contributed by atoms with Crippen LogP contribution in [-0.2, 0) is 11.2 Å². The maximum Gasteiger partial charge on any atom is 0.310 e. The molecular formula is C10H12N2O4. The number of hydrogen-bond donors (Lipinski definition) is 2. The summed E-state index contributed by atoms with van der Waals surface area (Å²) in [5, 5.41) is 22.3. The first-order chi connectivity index (χ1) is 7.50. The predicted molar refractivity (Wildman–Crippen MR) is 57.1 cm³/mol. The summed E-state index contributed by atoms with van der Waals surface area (Å²) < 4.78 is 0. The number of nitro groups is 1. The van der Waals surface area contributed by atoms with E-state index < -0.39 is 4.92 Å². The van der Waals surface area contributed by atoms with Gasteiger partial charge in [0.2, 0.25) is 5.91 Å². The number of hydrogen-bond acceptors (Lipinski definition) is 4. The van der Waals surface area contributed by atoms with Crippen LogP contribution in [0.1, 0.15) is 12.5 Å². The molecule has 0 heterocycles. The third kappa shape index (κ3) is 3.23. The van der Waals surface area contributed by atoms with Crippen molar-refractivity contribution in [2.45, 2.75) is 13.3 Å². The van der Waals surface area contributed by atoms with Crippen molar-refractivity contribution >= 4 is 11.6 Å². The molecular weight excluding hydrogens is 212 g/mol. The molecule has 6 nitrogen and oxygen atoms in total. The van der Waals surface area contributed by atoms with Gasteiger partial charge in [0.1, 0.15) is 0 Å². The second-order valence-electron chi connectivity index (χ2n) is 3.31. The Morgan fingerprint density at radius 1 is 1.56 bits per heavy atom. The Hall–Kier alpha value is -2.11. The lowest BCUT2D eigenvalue weighted by Crippen LogP contribution is -2.22. The third-order valence-electron chi connectivity index (χ3n) is 2.02. The van der Waals surface area contributed by atoms with Crippen LogP contribution >= 0.6 is 0 Å². The number of benzene rings is 1. The first kappa shape index (κ1) is 12.0. The Morgan fingerprint density at radius 2 is 2.25 bits per heavy atom. The summed E-state index contributed by atoms with van der Waals surface area (Å²) in [4.78, 5) is 20.5. The van der Waals surface area contributed by atoms with Gasteiger partial charge in [0.05, 0.1) is 4.92 Å². The molecule has 0 unspecified atom stereocenters. The van der Waals surface area contributed by atoms with Gasteiger partial charge in [-0.1, -0.05) is 6.07 Å². The molecule has 1 rings (SSSR count). The monoisotopic (exact) mass is 224 g/mol. The molecule has 0 saturated carbocycles. The van der Waals surface area contributed by atoms with Crippen molar-refractivity contribution < 1.29 is 14.8 Å². The lowest BCUT2D eigenvalue weighted by atomic mass is 10.1. The highest BCUT2D eigenvalue weighted by molar-refractivity contribution is 5.72. The number of nitro benzene ring substituents is 1. The Kier molecular flexibility index (Phi) is 3.82. The van der Waals surface area contributed by atoms with Gasteiger partial charge in [-0.15, -0.1) is 0 Å². The van der Waals surface area contributed by atoms with Gasteiger partial charge in [0.25, 0.3) is 0 Å². The average Bonchev–Trinajstić information content (AvgIpc) is 2.19. The topological polar surface area (TPSA) is 92.5 Å². The summed E-state index contributed by atoms with van der Waals surface area (Å²) in [6.07, 6.45) is 0.487. The SMILES string of the molecule is CC(=O)NCCc1ccc(O)c([N+](=O)[O-])c1. The van der Waals surface area contributed by atoms with Crippen molar-refractivity contribution in [2.75, 3.05) is 6.54 Å². The van der Waals surface area contributed by atoms with Crippen LogP contribution in [0.5, 0.6) is 5.75 Å². The first-order valence-electron chi connectivity index (χ1n) is 4.71. The minimum Gasteiger partial charge on any atom is -0.502 e. The van der Waals surface area contributed by atoms with E-state index in [1.807, 2.05) is 0 Å². The summed E-state index contributed by atoms with van der Waals surface area (Å²) >= 11 is 0. The van der Waals surface area contributed by atoms with E-state index in [2.05, 4.69) is 5.32 Å². The number of carbonyl (C=O) groups is 1. The fourth-order valence-electron chi connectivity index (χ4n) is 1.25. The van der Waals surface area contributed by atoms with Crippen LogP contribution in [0.4, 0.5) is 5.69 Å². The third-order valence-corrected chi connectivity index (χ3v) is 2.02. The van der Waals surface area contributed by atoms with Gasteiger partial charge in [-0.05, 0) is 18.1 Å². The zero-order chi connectivity index (χ0) is 12.1. The van der Waals surface area contributed by atoms with Gasteiger partial charge in [-0.2, -0.15) is 0 Å². The molecule has 0 spiro atoms. The Morgan fingerprint density at radius 3 is 2.81 bits per heavy atom. The van der Waals surface area contributed by atoms with Crippen molar-refractivity contribution in [3.8, 4) is 5.75 Å². The average molecular weight is 224 g/mol. The summed E-state index contributed by atoms with van der Waals surface area (Å²) in [5.74, 6) is -0.499. The van der Waals surface area contributed by atoms with E-state index in [9.17, 15) is 20.0 Å². The Balaban J connectivity index is 2.71. The van der Waals surface area contributed by atoms with Crippen LogP contribution in [-0.4, -0.2) is 22.5 Å². The molecule has 86 valence electrons. The number of aromatic hydroxyl groups is 1. The van der Waals surface area contributed by atoms with Crippen LogP contribution in [0.25, 0.3) is 0 Å². The molecule has 0 atom stereocenters. The number of nitrogens with one attached hydrogen (secondary N) is 1. The van der Waals surface area contributed by atoms with E-state index in [-0.39, 0.29) is 17.3 Å². The summed E-state index contributed by atoms with van der Waals surface area (Å²) in [5.41, 5.74) is 0.374. The normalized spacial score (nSPS) is 9.81. The molecule has 0 bridgehead atoms. The molecule has 6 heteroatoms. The number of carbonyl (C=O) groups excluding carboxylic acids is 1. The molecule has 1 aromatic carbocycles. The molecule has 0 fully saturated rings. The first-order valence-corrected chi connectivity index (χ1v) is 4.71. The predicted octanol–water partition coefficient (Wildman–Crippen LogP) is 0.979. The van der Waals surface area contributed by atoms with Gasteiger partial charge >= 0.3 is 5.69 Å². The van der Waals surface area contributed by atoms with Gasteiger partial charge in [-0.25, -0.2) is 0 Å². The number of phenols is 1. The quantitative estimate of drug-likeness (QED) is 0.589. The van der Waals surface area contributed by atoms with Crippen LogP contribution in [0.3, 0.4) is 0 Å². The highest BCUT2D eigenvalue weighted by Crippen LogP contribution is 2.26. The van der Waals surface area contributed by atoms with Crippen molar-refractivity contribution in [1.82, 2.24) is 5.32 Å². The van der Waals surface area contributed by atoms with E-state index in [1.165, 1.54) is 19.1 Å². The van der Waals surface area contributed by atoms with E-state index in [0.717, 1.165) is 0 Å². The maximum absolute atomic E-state index is 10.6. The smallest absolute Gasteiger partial charge is 0.310 e. The summed E-state index contributed by atoms with van der Waals surface area (Å²) in [6, 6.07) is 4.17. The second-order valence-corrected chi connectivity index (χ2v) is 3.31. The highest BCUT2D eigenvalue weighted by atomic mass is 16.6. The molecule has 16 heavy (non-hydrogen) atoms. The molecule has 1 amide bonds. The van der Waals surface area contributed by atoms with Gasteiger partial charge < -0.3 is 10.4 Å². The van der Waals surface area contributed by atoms with Gasteiger partial charge in [0, 0.05) is 19.5 Å². The molecule has 0 saturated heterocycles. The molecule has 0 aromatic heterocycles. The van der Waals surface area contributed by atoms with Crippen LogP contribution in [0.2, 0.25) is 0 Å². The second kappa shape index (κ2) is 5.11.